The summed E-state index contributed by atoms with van der Waals surface area (Å²) in [6, 6.07) is 10.9. The summed E-state index contributed by atoms with van der Waals surface area (Å²) < 4.78 is 24.3. The summed E-state index contributed by atoms with van der Waals surface area (Å²) in [6.45, 7) is 4.58. The molecule has 1 unspecified atom stereocenters. The molecule has 0 amide bonds. The summed E-state index contributed by atoms with van der Waals surface area (Å²) in [4.78, 5) is -0.0894. The van der Waals surface area contributed by atoms with E-state index in [0.717, 1.165) is 22.4 Å². The van der Waals surface area contributed by atoms with Crippen molar-refractivity contribution in [3.8, 4) is 11.5 Å². The zero-order valence-electron chi connectivity index (χ0n) is 12.3. The average molecular weight is 353 g/mol. The number of hydrogen-bond acceptors (Lipinski definition) is 2. The lowest BCUT2D eigenvalue weighted by atomic mass is 10.0. The van der Waals surface area contributed by atoms with Crippen LogP contribution in [0.4, 0.5) is 4.39 Å². The van der Waals surface area contributed by atoms with Crippen molar-refractivity contribution in [2.75, 3.05) is 13.7 Å². The molecular weight excluding hydrogens is 335 g/mol. The predicted molar refractivity (Wildman–Crippen MR) is 86.1 cm³/mol. The van der Waals surface area contributed by atoms with E-state index in [0.29, 0.717) is 6.61 Å². The van der Waals surface area contributed by atoms with E-state index >= 15 is 0 Å². The maximum Gasteiger partial charge on any atom is 0.165 e. The highest BCUT2D eigenvalue weighted by atomic mass is 79.9. The molecule has 0 aliphatic heterocycles. The Labute approximate surface area is 133 Å². The first-order chi connectivity index (χ1) is 10.1. The van der Waals surface area contributed by atoms with Crippen molar-refractivity contribution in [2.24, 2.45) is 0 Å². The van der Waals surface area contributed by atoms with Gasteiger partial charge in [0.15, 0.2) is 11.6 Å². The number of aryl methyl sites for hydroxylation is 1. The molecule has 0 aliphatic rings. The maximum atomic E-state index is 13.5. The van der Waals surface area contributed by atoms with Gasteiger partial charge in [-0.25, -0.2) is 4.39 Å². The Morgan fingerprint density at radius 2 is 1.90 bits per heavy atom. The van der Waals surface area contributed by atoms with E-state index in [1.165, 1.54) is 13.2 Å². The number of alkyl halides is 1. The highest BCUT2D eigenvalue weighted by Gasteiger charge is 2.17. The van der Waals surface area contributed by atoms with Crippen LogP contribution in [0.1, 0.15) is 28.4 Å². The minimum Gasteiger partial charge on any atom is -0.494 e. The standard InChI is InChI=1S/C17H18BrFO2/c1-4-21-15-8-5-11(2)9-13(15)17(18)12-6-7-14(19)16(10-12)20-3/h5-10,17H,4H2,1-3H3. The molecule has 0 aliphatic carbocycles. The SMILES string of the molecule is CCOc1ccc(C)cc1C(Br)c1ccc(F)c(OC)c1. The van der Waals surface area contributed by atoms with Crippen LogP contribution in [0.25, 0.3) is 0 Å². The van der Waals surface area contributed by atoms with Crippen LogP contribution in [0.2, 0.25) is 0 Å². The number of hydrogen-bond donors (Lipinski definition) is 0. The summed E-state index contributed by atoms with van der Waals surface area (Å²) in [5.74, 6) is 0.700. The molecule has 0 spiro atoms. The smallest absolute Gasteiger partial charge is 0.165 e. The largest absolute Gasteiger partial charge is 0.494 e. The molecule has 112 valence electrons. The molecule has 0 aromatic heterocycles. The first kappa shape index (κ1) is 15.8. The van der Waals surface area contributed by atoms with Gasteiger partial charge in [0.1, 0.15) is 5.75 Å². The van der Waals surface area contributed by atoms with Crippen molar-refractivity contribution in [1.29, 1.82) is 0 Å². The molecule has 0 saturated heterocycles. The Bertz CT molecular complexity index is 628. The highest BCUT2D eigenvalue weighted by molar-refractivity contribution is 9.09. The van der Waals surface area contributed by atoms with Gasteiger partial charge in [0.05, 0.1) is 18.5 Å². The fourth-order valence-corrected chi connectivity index (χ4v) is 2.81. The Balaban J connectivity index is 2.43. The molecule has 2 aromatic rings. The summed E-state index contributed by atoms with van der Waals surface area (Å²) in [5, 5.41) is 0. The maximum absolute atomic E-state index is 13.5. The van der Waals surface area contributed by atoms with Gasteiger partial charge in [0.2, 0.25) is 0 Å². The van der Waals surface area contributed by atoms with Gasteiger partial charge in [-0.2, -0.15) is 0 Å². The lowest BCUT2D eigenvalue weighted by Crippen LogP contribution is -2.01. The molecule has 0 heterocycles. The topological polar surface area (TPSA) is 18.5 Å². The van der Waals surface area contributed by atoms with E-state index in [-0.39, 0.29) is 16.4 Å². The molecule has 21 heavy (non-hydrogen) atoms. The van der Waals surface area contributed by atoms with Crippen LogP contribution >= 0.6 is 15.9 Å². The van der Waals surface area contributed by atoms with Crippen molar-refractivity contribution in [3.63, 3.8) is 0 Å². The molecule has 4 heteroatoms. The van der Waals surface area contributed by atoms with Crippen molar-refractivity contribution in [1.82, 2.24) is 0 Å². The average Bonchev–Trinajstić information content (AvgIpc) is 2.49. The summed E-state index contributed by atoms with van der Waals surface area (Å²) >= 11 is 3.68. The van der Waals surface area contributed by atoms with Gasteiger partial charge in [-0.05, 0) is 37.6 Å². The van der Waals surface area contributed by atoms with Crippen molar-refractivity contribution in [2.45, 2.75) is 18.7 Å². The lowest BCUT2D eigenvalue weighted by Gasteiger charge is -2.17. The zero-order chi connectivity index (χ0) is 15.4. The molecule has 2 nitrogen and oxygen atoms in total. The fourth-order valence-electron chi connectivity index (χ4n) is 2.17. The number of halogens is 2. The van der Waals surface area contributed by atoms with Crippen LogP contribution in [0.15, 0.2) is 36.4 Å². The molecule has 0 bridgehead atoms. The van der Waals surface area contributed by atoms with Crippen molar-refractivity contribution < 1.29 is 13.9 Å². The molecule has 0 radical (unpaired) electrons. The third-order valence-electron chi connectivity index (χ3n) is 3.21. The quantitative estimate of drug-likeness (QED) is 0.703. The molecule has 0 N–H and O–H groups in total. The third kappa shape index (κ3) is 3.56. The molecular formula is C17H18BrFO2. The van der Waals surface area contributed by atoms with Gasteiger partial charge < -0.3 is 9.47 Å². The van der Waals surface area contributed by atoms with Gasteiger partial charge in [-0.1, -0.05) is 39.7 Å². The first-order valence-electron chi connectivity index (χ1n) is 6.77. The van der Waals surface area contributed by atoms with Gasteiger partial charge >= 0.3 is 0 Å². The van der Waals surface area contributed by atoms with E-state index in [4.69, 9.17) is 9.47 Å². The lowest BCUT2D eigenvalue weighted by molar-refractivity contribution is 0.337. The van der Waals surface area contributed by atoms with Crippen LogP contribution in [0, 0.1) is 12.7 Å². The highest BCUT2D eigenvalue weighted by Crippen LogP contribution is 2.38. The van der Waals surface area contributed by atoms with E-state index in [9.17, 15) is 4.39 Å². The number of methoxy groups -OCH3 is 1. The Morgan fingerprint density at radius 3 is 2.57 bits per heavy atom. The first-order valence-corrected chi connectivity index (χ1v) is 7.69. The number of ether oxygens (including phenoxy) is 2. The third-order valence-corrected chi connectivity index (χ3v) is 4.23. The molecule has 1 atom stereocenters. The summed E-state index contributed by atoms with van der Waals surface area (Å²) in [5.41, 5.74) is 3.08. The monoisotopic (exact) mass is 352 g/mol. The minimum atomic E-state index is -0.366. The Morgan fingerprint density at radius 1 is 1.14 bits per heavy atom. The second-order valence-corrected chi connectivity index (χ2v) is 5.65. The molecule has 2 aromatic carbocycles. The Hall–Kier alpha value is -1.55. The molecule has 2 rings (SSSR count). The van der Waals surface area contributed by atoms with Crippen molar-refractivity contribution in [3.05, 3.63) is 58.9 Å². The number of rotatable bonds is 5. The normalized spacial score (nSPS) is 12.0. The van der Waals surface area contributed by atoms with E-state index < -0.39 is 0 Å². The second kappa shape index (κ2) is 6.94. The zero-order valence-corrected chi connectivity index (χ0v) is 13.9. The molecule has 0 saturated carbocycles. The van der Waals surface area contributed by atoms with Crippen LogP contribution in [-0.4, -0.2) is 13.7 Å². The van der Waals surface area contributed by atoms with Gasteiger partial charge in [-0.15, -0.1) is 0 Å². The summed E-state index contributed by atoms with van der Waals surface area (Å²) in [7, 11) is 1.46. The van der Waals surface area contributed by atoms with Crippen LogP contribution in [0.3, 0.4) is 0 Å². The Kier molecular flexibility index (Phi) is 5.23. The van der Waals surface area contributed by atoms with Gasteiger partial charge in [-0.3, -0.25) is 0 Å². The van der Waals surface area contributed by atoms with E-state index in [2.05, 4.69) is 22.0 Å². The number of benzene rings is 2. The van der Waals surface area contributed by atoms with Crippen molar-refractivity contribution >= 4 is 15.9 Å². The molecule has 0 fully saturated rings. The summed E-state index contributed by atoms with van der Waals surface area (Å²) in [6.07, 6.45) is 0. The van der Waals surface area contributed by atoms with E-state index in [1.807, 2.05) is 26.0 Å². The fraction of sp³-hybridized carbons (Fsp3) is 0.294. The predicted octanol–water partition coefficient (Wildman–Crippen LogP) is 5.03. The van der Waals surface area contributed by atoms with Crippen LogP contribution < -0.4 is 9.47 Å². The minimum absolute atomic E-state index is 0.0894. The van der Waals surface area contributed by atoms with Gasteiger partial charge in [0, 0.05) is 5.56 Å². The van der Waals surface area contributed by atoms with Crippen LogP contribution in [-0.2, 0) is 0 Å². The van der Waals surface area contributed by atoms with E-state index in [1.54, 1.807) is 12.1 Å². The van der Waals surface area contributed by atoms with Crippen LogP contribution in [0.5, 0.6) is 11.5 Å². The second-order valence-electron chi connectivity index (χ2n) is 4.73. The van der Waals surface area contributed by atoms with Gasteiger partial charge in [0.25, 0.3) is 0 Å².